The Morgan fingerprint density at radius 3 is 2.21 bits per heavy atom. The lowest BCUT2D eigenvalue weighted by Crippen LogP contribution is -2.43. The average Bonchev–Trinajstić information content (AvgIpc) is 3.07. The first kappa shape index (κ1) is 32.7. The number of rotatable bonds is 11. The summed E-state index contributed by atoms with van der Waals surface area (Å²) < 4.78 is 0. The minimum Gasteiger partial charge on any atom is -0.367 e. The van der Waals surface area contributed by atoms with Crippen molar-refractivity contribution in [3.8, 4) is 11.1 Å². The Hall–Kier alpha value is -4.27. The number of nitrogens with one attached hydrogen (secondary N) is 1. The third-order valence-corrected chi connectivity index (χ3v) is 9.68. The molecule has 246 valence electrons. The van der Waals surface area contributed by atoms with Gasteiger partial charge < -0.3 is 5.32 Å². The van der Waals surface area contributed by atoms with E-state index in [1.807, 2.05) is 66.9 Å². The van der Waals surface area contributed by atoms with Crippen LogP contribution in [0.2, 0.25) is 0 Å². The molecule has 1 amide bonds. The Kier molecular flexibility index (Phi) is 10.2. The topological polar surface area (TPSA) is 110 Å². The summed E-state index contributed by atoms with van der Waals surface area (Å²) in [6.45, 7) is 8.72. The van der Waals surface area contributed by atoms with E-state index in [4.69, 9.17) is 15.0 Å². The summed E-state index contributed by atoms with van der Waals surface area (Å²) in [5, 5.41) is 3.71. The Morgan fingerprint density at radius 1 is 0.851 bits per heavy atom. The van der Waals surface area contributed by atoms with E-state index in [1.165, 1.54) is 24.8 Å². The van der Waals surface area contributed by atoms with Crippen LogP contribution in [-0.2, 0) is 29.5 Å². The van der Waals surface area contributed by atoms with Gasteiger partial charge in [-0.2, -0.15) is 0 Å². The van der Waals surface area contributed by atoms with Crippen LogP contribution in [0.1, 0.15) is 102 Å². The molecule has 0 bridgehead atoms. The van der Waals surface area contributed by atoms with Crippen molar-refractivity contribution in [3.05, 3.63) is 84.2 Å². The van der Waals surface area contributed by atoms with Crippen LogP contribution in [0.5, 0.6) is 0 Å². The number of hydrogen-bond acceptors (Lipinski definition) is 8. The van der Waals surface area contributed by atoms with Crippen molar-refractivity contribution in [2.24, 2.45) is 5.92 Å². The fraction of sp³-hybridized carbons (Fsp3) is 0.500. The molecule has 0 unspecified atom stereocenters. The first-order valence-electron chi connectivity index (χ1n) is 17.4. The zero-order valence-corrected chi connectivity index (χ0v) is 28.3. The van der Waals surface area contributed by atoms with Gasteiger partial charge in [0.05, 0.1) is 0 Å². The van der Waals surface area contributed by atoms with Crippen LogP contribution in [-0.4, -0.2) is 47.9 Å². The molecule has 2 aliphatic carbocycles. The van der Waals surface area contributed by atoms with Crippen LogP contribution in [0.3, 0.4) is 0 Å². The molecule has 9 heteroatoms. The third-order valence-electron chi connectivity index (χ3n) is 9.68. The summed E-state index contributed by atoms with van der Waals surface area (Å²) in [5.74, 6) is 4.01. The Morgan fingerprint density at radius 2 is 1.60 bits per heavy atom. The van der Waals surface area contributed by atoms with E-state index in [0.29, 0.717) is 30.6 Å². The second-order valence-corrected chi connectivity index (χ2v) is 14.2. The van der Waals surface area contributed by atoms with Crippen molar-refractivity contribution >= 4 is 17.5 Å². The molecule has 0 saturated heterocycles. The van der Waals surface area contributed by atoms with E-state index in [9.17, 15) is 4.79 Å². The molecular weight excluding hydrogens is 584 g/mol. The molecule has 0 aliphatic heterocycles. The molecule has 0 aromatic carbocycles. The molecule has 4 heterocycles. The van der Waals surface area contributed by atoms with E-state index < -0.39 is 0 Å². The normalized spacial score (nSPS) is 18.4. The van der Waals surface area contributed by atoms with Crippen LogP contribution in [0.15, 0.2) is 61.3 Å². The van der Waals surface area contributed by atoms with Gasteiger partial charge in [-0.3, -0.25) is 14.7 Å². The highest BCUT2D eigenvalue weighted by Gasteiger charge is 2.32. The molecule has 2 fully saturated rings. The Balaban J connectivity index is 1.15. The summed E-state index contributed by atoms with van der Waals surface area (Å²) in [7, 11) is 0. The minimum absolute atomic E-state index is 0.0189. The lowest BCUT2D eigenvalue weighted by Gasteiger charge is -2.36. The van der Waals surface area contributed by atoms with Crippen LogP contribution < -0.4 is 10.2 Å². The fourth-order valence-corrected chi connectivity index (χ4v) is 6.59. The second kappa shape index (κ2) is 14.7. The molecular formula is C38H48N8O. The number of aryl methyl sites for hydroxylation is 2. The first-order valence-corrected chi connectivity index (χ1v) is 17.4. The highest BCUT2D eigenvalue weighted by Crippen LogP contribution is 2.35. The van der Waals surface area contributed by atoms with E-state index in [-0.39, 0.29) is 17.4 Å². The second-order valence-electron chi connectivity index (χ2n) is 14.2. The molecule has 4 aromatic rings. The molecule has 4 aromatic heterocycles. The molecule has 0 radical (unpaired) electrons. The van der Waals surface area contributed by atoms with Crippen LogP contribution in [0, 0.1) is 5.92 Å². The highest BCUT2D eigenvalue weighted by atomic mass is 16.2. The van der Waals surface area contributed by atoms with Crippen molar-refractivity contribution in [2.45, 2.75) is 116 Å². The van der Waals surface area contributed by atoms with E-state index in [0.717, 1.165) is 72.8 Å². The van der Waals surface area contributed by atoms with Gasteiger partial charge in [-0.25, -0.2) is 24.9 Å². The Bertz CT molecular complexity index is 1610. The van der Waals surface area contributed by atoms with Crippen LogP contribution in [0.25, 0.3) is 11.1 Å². The van der Waals surface area contributed by atoms with Crippen molar-refractivity contribution in [1.82, 2.24) is 29.9 Å². The molecule has 2 aliphatic rings. The van der Waals surface area contributed by atoms with Gasteiger partial charge >= 0.3 is 0 Å². The lowest BCUT2D eigenvalue weighted by atomic mass is 9.83. The number of pyridine rings is 2. The first-order chi connectivity index (χ1) is 22.8. The van der Waals surface area contributed by atoms with Gasteiger partial charge in [-0.1, -0.05) is 33.8 Å². The summed E-state index contributed by atoms with van der Waals surface area (Å²) >= 11 is 0. The van der Waals surface area contributed by atoms with Gasteiger partial charge in [-0.15, -0.1) is 0 Å². The zero-order valence-electron chi connectivity index (χ0n) is 28.3. The van der Waals surface area contributed by atoms with Crippen molar-refractivity contribution in [2.75, 3.05) is 10.2 Å². The predicted molar refractivity (Wildman–Crippen MR) is 186 cm³/mol. The van der Waals surface area contributed by atoms with Gasteiger partial charge in [0.1, 0.15) is 23.3 Å². The number of nitrogens with zero attached hydrogens (tertiary/aromatic N) is 7. The summed E-state index contributed by atoms with van der Waals surface area (Å²) in [6, 6.07) is 10.4. The summed E-state index contributed by atoms with van der Waals surface area (Å²) in [5.41, 5.74) is 3.94. The van der Waals surface area contributed by atoms with E-state index >= 15 is 0 Å². The maximum absolute atomic E-state index is 13.9. The maximum Gasteiger partial charge on any atom is 0.228 e. The number of amides is 1. The van der Waals surface area contributed by atoms with Crippen molar-refractivity contribution in [1.29, 1.82) is 0 Å². The van der Waals surface area contributed by atoms with E-state index in [2.05, 4.69) is 41.0 Å². The largest absolute Gasteiger partial charge is 0.367 e. The number of anilines is 2. The fourth-order valence-electron chi connectivity index (χ4n) is 6.59. The lowest BCUT2D eigenvalue weighted by molar-refractivity contribution is -0.119. The molecule has 2 saturated carbocycles. The molecule has 47 heavy (non-hydrogen) atoms. The number of carbonyl (C=O) groups excluding carboxylic acids is 1. The van der Waals surface area contributed by atoms with Gasteiger partial charge in [0.15, 0.2) is 0 Å². The monoisotopic (exact) mass is 632 g/mol. The summed E-state index contributed by atoms with van der Waals surface area (Å²) in [6.07, 6.45) is 19.6. The minimum atomic E-state index is -0.0189. The summed E-state index contributed by atoms with van der Waals surface area (Å²) in [4.78, 5) is 43.9. The zero-order chi connectivity index (χ0) is 32.8. The molecule has 0 spiro atoms. The smallest absolute Gasteiger partial charge is 0.228 e. The predicted octanol–water partition coefficient (Wildman–Crippen LogP) is 7.32. The van der Waals surface area contributed by atoms with Gasteiger partial charge in [0.25, 0.3) is 0 Å². The van der Waals surface area contributed by atoms with Gasteiger partial charge in [0, 0.05) is 84.7 Å². The average molecular weight is 633 g/mol. The standard InChI is InChI=1S/C38H48N8O/c1-5-33-40-23-28(24-41-33)27-14-18-35(43-22-27)46(36(47)19-15-29-9-6-7-20-39-29)31-16-12-26(13-17-31)21-34-42-25-32(38(2,3)4)37(45-34)44-30-10-8-11-30/h6-7,9,14,18,20,22-26,30-31H,5,8,10-13,15-17,19,21H2,1-4H3,(H,42,44,45). The highest BCUT2D eigenvalue weighted by molar-refractivity contribution is 5.93. The van der Waals surface area contributed by atoms with Crippen LogP contribution >= 0.6 is 0 Å². The molecule has 0 atom stereocenters. The number of hydrogen-bond donors (Lipinski definition) is 1. The van der Waals surface area contributed by atoms with Gasteiger partial charge in [0.2, 0.25) is 5.91 Å². The molecule has 1 N–H and O–H groups in total. The van der Waals surface area contributed by atoms with Crippen molar-refractivity contribution < 1.29 is 4.79 Å². The Labute approximate surface area is 279 Å². The van der Waals surface area contributed by atoms with E-state index in [1.54, 1.807) is 6.20 Å². The number of aromatic nitrogens is 6. The third kappa shape index (κ3) is 8.18. The molecule has 9 nitrogen and oxygen atoms in total. The van der Waals surface area contributed by atoms with Gasteiger partial charge in [-0.05, 0) is 87.0 Å². The van der Waals surface area contributed by atoms with Crippen LogP contribution in [0.4, 0.5) is 11.6 Å². The number of carbonyl (C=O) groups is 1. The quantitative estimate of drug-likeness (QED) is 0.183. The SMILES string of the molecule is CCc1ncc(-c2ccc(N(C(=O)CCc3ccccn3)C3CCC(Cc4ncc(C(C)(C)C)c(NC5CCC5)n4)CC3)nc2)cn1. The van der Waals surface area contributed by atoms with Crippen molar-refractivity contribution in [3.63, 3.8) is 0 Å². The molecule has 6 rings (SSSR count). The maximum atomic E-state index is 13.9.